The van der Waals surface area contributed by atoms with Crippen molar-refractivity contribution in [3.05, 3.63) is 24.3 Å². The number of carboxylic acid groups (broad SMARTS) is 1. The molecule has 0 saturated carbocycles. The lowest BCUT2D eigenvalue weighted by Crippen LogP contribution is -2.60. The van der Waals surface area contributed by atoms with Gasteiger partial charge in [-0.1, -0.05) is 0 Å². The molecule has 2 rings (SSSR count). The summed E-state index contributed by atoms with van der Waals surface area (Å²) in [6.07, 6.45) is 3.47. The van der Waals surface area contributed by atoms with E-state index >= 15 is 0 Å². The Labute approximate surface area is 139 Å². The third-order valence-electron chi connectivity index (χ3n) is 3.36. The predicted octanol–water partition coefficient (Wildman–Crippen LogP) is 0.623. The van der Waals surface area contributed by atoms with Crippen LogP contribution in [0.3, 0.4) is 0 Å². The predicted molar refractivity (Wildman–Crippen MR) is 82.3 cm³/mol. The topological polar surface area (TPSA) is 113 Å². The maximum Gasteiger partial charge on any atom is 0.410 e. The largest absolute Gasteiger partial charge is 0.480 e. The highest BCUT2D eigenvalue weighted by Gasteiger charge is 2.38. The molecule has 130 valence electrons. The van der Waals surface area contributed by atoms with Crippen LogP contribution in [0.4, 0.5) is 4.79 Å². The van der Waals surface area contributed by atoms with E-state index in [0.717, 1.165) is 0 Å². The van der Waals surface area contributed by atoms with Crippen LogP contribution in [0.2, 0.25) is 0 Å². The van der Waals surface area contributed by atoms with Crippen LogP contribution in [0, 0.1) is 0 Å². The number of rotatable bonds is 2. The summed E-state index contributed by atoms with van der Waals surface area (Å²) in [5, 5.41) is 9.43. The van der Waals surface area contributed by atoms with E-state index < -0.39 is 29.6 Å². The molecule has 0 aromatic carbocycles. The fourth-order valence-electron chi connectivity index (χ4n) is 2.29. The number of carbonyl (C=O) groups excluding carboxylic acids is 2. The Hall–Kier alpha value is -2.71. The van der Waals surface area contributed by atoms with Gasteiger partial charge in [0.05, 0.1) is 12.7 Å². The van der Waals surface area contributed by atoms with Gasteiger partial charge in [0.25, 0.3) is 5.91 Å². The monoisotopic (exact) mass is 336 g/mol. The number of aromatic nitrogens is 2. The summed E-state index contributed by atoms with van der Waals surface area (Å²) in [6.45, 7) is 5.31. The highest BCUT2D eigenvalue weighted by Crippen LogP contribution is 2.17. The van der Waals surface area contributed by atoms with Gasteiger partial charge < -0.3 is 19.6 Å². The Morgan fingerprint density at radius 2 is 1.96 bits per heavy atom. The number of amides is 2. The Morgan fingerprint density at radius 1 is 1.25 bits per heavy atom. The third kappa shape index (κ3) is 4.18. The van der Waals surface area contributed by atoms with Crippen LogP contribution in [0.25, 0.3) is 0 Å². The average molecular weight is 336 g/mol. The molecule has 0 spiro atoms. The van der Waals surface area contributed by atoms with Gasteiger partial charge in [-0.15, -0.1) is 0 Å². The minimum atomic E-state index is -1.19. The van der Waals surface area contributed by atoms with Crippen molar-refractivity contribution >= 4 is 18.0 Å². The molecule has 1 saturated heterocycles. The zero-order chi connectivity index (χ0) is 17.9. The number of carbonyl (C=O) groups is 3. The van der Waals surface area contributed by atoms with E-state index in [4.69, 9.17) is 4.74 Å². The molecule has 9 heteroatoms. The van der Waals surface area contributed by atoms with Gasteiger partial charge in [0.2, 0.25) is 0 Å². The second-order valence-corrected chi connectivity index (χ2v) is 6.37. The lowest BCUT2D eigenvalue weighted by molar-refractivity contribution is -0.144. The maximum absolute atomic E-state index is 12.4. The molecular weight excluding hydrogens is 316 g/mol. The van der Waals surface area contributed by atoms with Crippen molar-refractivity contribution in [1.82, 2.24) is 19.8 Å². The zero-order valence-electron chi connectivity index (χ0n) is 13.8. The normalized spacial score (nSPS) is 18.2. The summed E-state index contributed by atoms with van der Waals surface area (Å²) in [4.78, 5) is 46.3. The lowest BCUT2D eigenvalue weighted by Gasteiger charge is -2.39. The highest BCUT2D eigenvalue weighted by atomic mass is 16.6. The molecule has 1 aliphatic rings. The number of carboxylic acids is 1. The molecule has 1 unspecified atom stereocenters. The summed E-state index contributed by atoms with van der Waals surface area (Å²) in [5.41, 5.74) is -0.614. The first kappa shape index (κ1) is 17.6. The quantitative estimate of drug-likeness (QED) is 0.842. The van der Waals surface area contributed by atoms with E-state index in [2.05, 4.69) is 9.97 Å². The zero-order valence-corrected chi connectivity index (χ0v) is 13.8. The first-order valence-corrected chi connectivity index (χ1v) is 7.47. The van der Waals surface area contributed by atoms with Crippen LogP contribution in [-0.4, -0.2) is 74.1 Å². The first-order valence-electron chi connectivity index (χ1n) is 7.47. The molecule has 1 atom stereocenters. The van der Waals surface area contributed by atoms with Gasteiger partial charge in [-0.3, -0.25) is 9.78 Å². The second-order valence-electron chi connectivity index (χ2n) is 6.37. The van der Waals surface area contributed by atoms with Crippen molar-refractivity contribution in [2.24, 2.45) is 0 Å². The van der Waals surface area contributed by atoms with Gasteiger partial charge in [0.15, 0.2) is 0 Å². The number of hydrogen-bond acceptors (Lipinski definition) is 6. The van der Waals surface area contributed by atoms with E-state index in [9.17, 15) is 19.5 Å². The third-order valence-corrected chi connectivity index (χ3v) is 3.36. The number of ether oxygens (including phenoxy) is 1. The Bertz CT molecular complexity index is 629. The molecule has 2 amide bonds. The van der Waals surface area contributed by atoms with Crippen LogP contribution in [-0.2, 0) is 9.53 Å². The van der Waals surface area contributed by atoms with Crippen LogP contribution in [0.15, 0.2) is 18.6 Å². The SMILES string of the molecule is CC(C)(C)OC(=O)N1CCN(C(=O)c2cnccn2)C(C(=O)O)C1. The van der Waals surface area contributed by atoms with Crippen molar-refractivity contribution in [3.63, 3.8) is 0 Å². The summed E-state index contributed by atoms with van der Waals surface area (Å²) in [6, 6.07) is -1.17. The molecule has 1 aromatic rings. The smallest absolute Gasteiger partial charge is 0.410 e. The maximum atomic E-state index is 12.4. The van der Waals surface area contributed by atoms with E-state index in [1.807, 2.05) is 0 Å². The van der Waals surface area contributed by atoms with Crippen LogP contribution >= 0.6 is 0 Å². The van der Waals surface area contributed by atoms with Crippen molar-refractivity contribution in [1.29, 1.82) is 0 Å². The van der Waals surface area contributed by atoms with Gasteiger partial charge >= 0.3 is 12.1 Å². The number of piperazine rings is 1. The van der Waals surface area contributed by atoms with Crippen molar-refractivity contribution in [2.75, 3.05) is 19.6 Å². The fraction of sp³-hybridized carbons (Fsp3) is 0.533. The molecule has 0 radical (unpaired) electrons. The second kappa shape index (κ2) is 6.81. The van der Waals surface area contributed by atoms with Crippen molar-refractivity contribution in [2.45, 2.75) is 32.4 Å². The fourth-order valence-corrected chi connectivity index (χ4v) is 2.29. The minimum Gasteiger partial charge on any atom is -0.480 e. The Balaban J connectivity index is 2.13. The molecule has 1 fully saturated rings. The van der Waals surface area contributed by atoms with E-state index in [1.165, 1.54) is 28.4 Å². The minimum absolute atomic E-state index is 0.0643. The van der Waals surface area contributed by atoms with Crippen molar-refractivity contribution < 1.29 is 24.2 Å². The number of aliphatic carboxylic acids is 1. The van der Waals surface area contributed by atoms with Crippen molar-refractivity contribution in [3.8, 4) is 0 Å². The van der Waals surface area contributed by atoms with E-state index in [0.29, 0.717) is 0 Å². The number of nitrogens with zero attached hydrogens (tertiary/aromatic N) is 4. The lowest BCUT2D eigenvalue weighted by atomic mass is 10.1. The average Bonchev–Trinajstić information content (AvgIpc) is 2.52. The summed E-state index contributed by atoms with van der Waals surface area (Å²) < 4.78 is 5.25. The molecule has 9 nitrogen and oxygen atoms in total. The van der Waals surface area contributed by atoms with Crippen LogP contribution < -0.4 is 0 Å². The summed E-state index contributed by atoms with van der Waals surface area (Å²) in [5.74, 6) is -1.72. The van der Waals surface area contributed by atoms with Gasteiger partial charge in [0.1, 0.15) is 17.3 Å². The molecule has 24 heavy (non-hydrogen) atoms. The van der Waals surface area contributed by atoms with Crippen LogP contribution in [0.1, 0.15) is 31.3 Å². The standard InChI is InChI=1S/C15H20N4O5/c1-15(2,3)24-14(23)18-6-7-19(11(9-18)13(21)22)12(20)10-8-16-4-5-17-10/h4-5,8,11H,6-7,9H2,1-3H3,(H,21,22). The Morgan fingerprint density at radius 3 is 2.50 bits per heavy atom. The molecule has 2 heterocycles. The molecular formula is C15H20N4O5. The van der Waals surface area contributed by atoms with Gasteiger partial charge in [0, 0.05) is 25.5 Å². The highest BCUT2D eigenvalue weighted by molar-refractivity contribution is 5.95. The molecule has 0 bridgehead atoms. The van der Waals surface area contributed by atoms with Crippen LogP contribution in [0.5, 0.6) is 0 Å². The summed E-state index contributed by atoms with van der Waals surface area (Å²) >= 11 is 0. The van der Waals surface area contributed by atoms with E-state index in [-0.39, 0.29) is 25.3 Å². The van der Waals surface area contributed by atoms with E-state index in [1.54, 1.807) is 20.8 Å². The first-order chi connectivity index (χ1) is 11.2. The molecule has 1 aromatic heterocycles. The molecule has 1 N–H and O–H groups in total. The summed E-state index contributed by atoms with van der Waals surface area (Å²) in [7, 11) is 0. The van der Waals surface area contributed by atoms with Gasteiger partial charge in [-0.25, -0.2) is 14.6 Å². The molecule has 1 aliphatic heterocycles. The number of hydrogen-bond donors (Lipinski definition) is 1. The van der Waals surface area contributed by atoms with Gasteiger partial charge in [-0.2, -0.15) is 0 Å². The van der Waals surface area contributed by atoms with Gasteiger partial charge in [-0.05, 0) is 20.8 Å². The Kier molecular flexibility index (Phi) is 5.01. The molecule has 0 aliphatic carbocycles.